The second kappa shape index (κ2) is 29.9. The van der Waals surface area contributed by atoms with Crippen molar-refractivity contribution in [2.24, 2.45) is 0 Å². The minimum Gasteiger partial charge on any atom is -0.285 e. The summed E-state index contributed by atoms with van der Waals surface area (Å²) in [7, 11) is -3.90. The van der Waals surface area contributed by atoms with Crippen LogP contribution in [0.3, 0.4) is 0 Å². The molecule has 0 saturated heterocycles. The second-order valence-electron chi connectivity index (χ2n) is 12.3. The van der Waals surface area contributed by atoms with Crippen LogP contribution in [0.1, 0.15) is 213 Å². The van der Waals surface area contributed by atoms with E-state index in [4.69, 9.17) is 0 Å². The van der Waals surface area contributed by atoms with Crippen molar-refractivity contribution < 1.29 is 13.0 Å². The molecule has 4 heteroatoms. The number of hydrogen-bond acceptors (Lipinski definition) is 2. The molecule has 230 valence electrons. The maximum atomic E-state index is 11.8. The van der Waals surface area contributed by atoms with E-state index in [0.717, 1.165) is 25.7 Å². The summed E-state index contributed by atoms with van der Waals surface area (Å²) in [5.74, 6) is 0. The SMILES string of the molecule is CCCCCCCCCCCCCCCCCC(CCCCCCCCCCCCCCCC)S(=O)(=O)O. The van der Waals surface area contributed by atoms with Gasteiger partial charge in [0, 0.05) is 0 Å². The van der Waals surface area contributed by atoms with Crippen LogP contribution in [0, 0.1) is 0 Å². The minimum absolute atomic E-state index is 0.540. The van der Waals surface area contributed by atoms with Crippen molar-refractivity contribution in [3.05, 3.63) is 0 Å². The van der Waals surface area contributed by atoms with Gasteiger partial charge in [-0.3, -0.25) is 4.55 Å². The minimum atomic E-state index is -3.90. The molecule has 1 unspecified atom stereocenters. The summed E-state index contributed by atoms with van der Waals surface area (Å²) in [6, 6.07) is 0. The molecule has 0 bridgehead atoms. The molecule has 38 heavy (non-hydrogen) atoms. The third-order valence-electron chi connectivity index (χ3n) is 8.43. The third-order valence-corrected chi connectivity index (χ3v) is 9.74. The van der Waals surface area contributed by atoms with Gasteiger partial charge in [0.1, 0.15) is 0 Å². The van der Waals surface area contributed by atoms with Gasteiger partial charge in [0.05, 0.1) is 5.25 Å². The van der Waals surface area contributed by atoms with Crippen LogP contribution in [0.15, 0.2) is 0 Å². The van der Waals surface area contributed by atoms with Crippen LogP contribution in [0.4, 0.5) is 0 Å². The fourth-order valence-corrected chi connectivity index (χ4v) is 6.68. The lowest BCUT2D eigenvalue weighted by atomic mass is 10.0. The molecule has 0 spiro atoms. The summed E-state index contributed by atoms with van der Waals surface area (Å²) in [5.41, 5.74) is 0. The van der Waals surface area contributed by atoms with Gasteiger partial charge in [0.2, 0.25) is 0 Å². The van der Waals surface area contributed by atoms with Gasteiger partial charge in [-0.15, -0.1) is 0 Å². The standard InChI is InChI=1S/C34H70O3S/c1-3-5-7-9-11-13-15-17-19-21-23-25-27-29-31-33-34(38(35,36)37)32-30-28-26-24-22-20-18-16-14-12-10-8-6-4-2/h34H,3-33H2,1-2H3,(H,35,36,37). The zero-order valence-corrected chi connectivity index (χ0v) is 27.0. The molecule has 0 fully saturated rings. The lowest BCUT2D eigenvalue weighted by Gasteiger charge is -2.13. The van der Waals surface area contributed by atoms with Crippen molar-refractivity contribution in [2.75, 3.05) is 0 Å². The van der Waals surface area contributed by atoms with E-state index in [2.05, 4.69) is 13.8 Å². The highest BCUT2D eigenvalue weighted by Crippen LogP contribution is 2.20. The van der Waals surface area contributed by atoms with E-state index in [1.54, 1.807) is 0 Å². The largest absolute Gasteiger partial charge is 0.285 e. The molecule has 3 nitrogen and oxygen atoms in total. The Balaban J connectivity index is 3.53. The summed E-state index contributed by atoms with van der Waals surface area (Å²) < 4.78 is 33.3. The van der Waals surface area contributed by atoms with Crippen molar-refractivity contribution >= 4 is 10.1 Å². The summed E-state index contributed by atoms with van der Waals surface area (Å²) in [4.78, 5) is 0. The first-order valence-electron chi connectivity index (χ1n) is 17.5. The maximum absolute atomic E-state index is 11.8. The molecule has 0 saturated carbocycles. The zero-order valence-electron chi connectivity index (χ0n) is 26.2. The number of hydrogen-bond donors (Lipinski definition) is 1. The molecule has 0 amide bonds. The average molecular weight is 559 g/mol. The maximum Gasteiger partial charge on any atom is 0.267 e. The van der Waals surface area contributed by atoms with Gasteiger partial charge in [0.15, 0.2) is 0 Å². The molecular formula is C34H70O3S. The molecule has 0 aliphatic carbocycles. The predicted octanol–water partition coefficient (Wildman–Crippen LogP) is 12.4. The van der Waals surface area contributed by atoms with Crippen LogP contribution in [0.25, 0.3) is 0 Å². The molecule has 1 atom stereocenters. The molecule has 0 aliphatic rings. The lowest BCUT2D eigenvalue weighted by molar-refractivity contribution is 0.441. The van der Waals surface area contributed by atoms with Crippen LogP contribution >= 0.6 is 0 Å². The zero-order chi connectivity index (χ0) is 28.0. The molecule has 0 rings (SSSR count). The number of rotatable bonds is 32. The molecule has 0 aliphatic heterocycles. The van der Waals surface area contributed by atoms with E-state index in [0.29, 0.717) is 12.8 Å². The summed E-state index contributed by atoms with van der Waals surface area (Å²) in [5, 5.41) is -0.540. The molecule has 0 aromatic heterocycles. The first kappa shape index (κ1) is 37.9. The van der Waals surface area contributed by atoms with Crippen molar-refractivity contribution in [3.63, 3.8) is 0 Å². The van der Waals surface area contributed by atoms with E-state index in [1.807, 2.05) is 0 Å². The Morgan fingerprint density at radius 2 is 0.553 bits per heavy atom. The molecule has 0 aromatic carbocycles. The summed E-state index contributed by atoms with van der Waals surface area (Å²) in [6.45, 7) is 4.55. The third kappa shape index (κ3) is 28.9. The molecule has 0 heterocycles. The lowest BCUT2D eigenvalue weighted by Crippen LogP contribution is -2.20. The van der Waals surface area contributed by atoms with Crippen LogP contribution < -0.4 is 0 Å². The fraction of sp³-hybridized carbons (Fsp3) is 1.00. The van der Waals surface area contributed by atoms with Gasteiger partial charge in [-0.05, 0) is 12.8 Å². The fourth-order valence-electron chi connectivity index (χ4n) is 5.75. The molecule has 1 N–H and O–H groups in total. The van der Waals surface area contributed by atoms with E-state index in [1.165, 1.54) is 161 Å². The average Bonchev–Trinajstić information content (AvgIpc) is 2.89. The van der Waals surface area contributed by atoms with Gasteiger partial charge < -0.3 is 0 Å². The van der Waals surface area contributed by atoms with E-state index < -0.39 is 15.4 Å². The predicted molar refractivity (Wildman–Crippen MR) is 170 cm³/mol. The topological polar surface area (TPSA) is 54.4 Å². The van der Waals surface area contributed by atoms with Gasteiger partial charge in [0.25, 0.3) is 10.1 Å². The first-order chi connectivity index (χ1) is 18.5. The Hall–Kier alpha value is -0.0900. The van der Waals surface area contributed by atoms with Gasteiger partial charge in [-0.1, -0.05) is 200 Å². The number of unbranched alkanes of at least 4 members (excludes halogenated alkanes) is 27. The Morgan fingerprint density at radius 1 is 0.368 bits per heavy atom. The van der Waals surface area contributed by atoms with E-state index in [-0.39, 0.29) is 0 Å². The smallest absolute Gasteiger partial charge is 0.267 e. The highest BCUT2D eigenvalue weighted by molar-refractivity contribution is 7.86. The Kier molecular flexibility index (Phi) is 29.8. The van der Waals surface area contributed by atoms with Crippen LogP contribution in [-0.4, -0.2) is 18.2 Å². The monoisotopic (exact) mass is 559 g/mol. The molecule has 0 radical (unpaired) electrons. The van der Waals surface area contributed by atoms with Crippen molar-refractivity contribution in [2.45, 2.75) is 218 Å². The Morgan fingerprint density at radius 3 is 0.737 bits per heavy atom. The quantitative estimate of drug-likeness (QED) is 0.0659. The van der Waals surface area contributed by atoms with Crippen LogP contribution in [-0.2, 0) is 10.1 Å². The molecule has 0 aromatic rings. The van der Waals surface area contributed by atoms with Crippen LogP contribution in [0.5, 0.6) is 0 Å². The van der Waals surface area contributed by atoms with Crippen molar-refractivity contribution in [1.29, 1.82) is 0 Å². The Labute approximate surface area is 240 Å². The van der Waals surface area contributed by atoms with E-state index >= 15 is 0 Å². The van der Waals surface area contributed by atoms with Crippen molar-refractivity contribution in [1.82, 2.24) is 0 Å². The van der Waals surface area contributed by atoms with Gasteiger partial charge >= 0.3 is 0 Å². The normalized spacial score (nSPS) is 12.8. The van der Waals surface area contributed by atoms with Crippen molar-refractivity contribution in [3.8, 4) is 0 Å². The van der Waals surface area contributed by atoms with Gasteiger partial charge in [-0.2, -0.15) is 8.42 Å². The van der Waals surface area contributed by atoms with Crippen LogP contribution in [0.2, 0.25) is 0 Å². The molecular weight excluding hydrogens is 488 g/mol. The highest BCUT2D eigenvalue weighted by Gasteiger charge is 2.21. The summed E-state index contributed by atoms with van der Waals surface area (Å²) in [6.07, 6.45) is 39.3. The first-order valence-corrected chi connectivity index (χ1v) is 19.0. The summed E-state index contributed by atoms with van der Waals surface area (Å²) >= 11 is 0. The Bertz CT molecular complexity index is 546. The highest BCUT2D eigenvalue weighted by atomic mass is 32.2. The second-order valence-corrected chi connectivity index (χ2v) is 14.0. The van der Waals surface area contributed by atoms with Gasteiger partial charge in [-0.25, -0.2) is 0 Å². The van der Waals surface area contributed by atoms with E-state index in [9.17, 15) is 13.0 Å².